The van der Waals surface area contributed by atoms with Crippen LogP contribution in [0.4, 0.5) is 5.69 Å². The van der Waals surface area contributed by atoms with Crippen LogP contribution < -0.4 is 5.32 Å². The monoisotopic (exact) mass is 291 g/mol. The molecule has 1 aliphatic rings. The van der Waals surface area contributed by atoms with E-state index < -0.39 is 0 Å². The Labute approximate surface area is 128 Å². The molecule has 0 saturated carbocycles. The molecule has 1 heterocycles. The summed E-state index contributed by atoms with van der Waals surface area (Å²) in [6.45, 7) is 12.0. The molecule has 1 aliphatic heterocycles. The molecule has 20 heavy (non-hydrogen) atoms. The minimum atomic E-state index is 0.568. The van der Waals surface area contributed by atoms with E-state index in [1.54, 1.807) is 0 Å². The molecule has 0 atom stereocenters. The smallest absolute Gasteiger partial charge is 0.173 e. The highest BCUT2D eigenvalue weighted by molar-refractivity contribution is 7.80. The van der Waals surface area contributed by atoms with Crippen molar-refractivity contribution in [2.75, 3.05) is 38.0 Å². The van der Waals surface area contributed by atoms with Gasteiger partial charge in [0, 0.05) is 31.9 Å². The van der Waals surface area contributed by atoms with Crippen LogP contribution in [-0.4, -0.2) is 47.6 Å². The van der Waals surface area contributed by atoms with Crippen molar-refractivity contribution >= 4 is 23.0 Å². The first-order valence-corrected chi connectivity index (χ1v) is 7.89. The number of nitrogens with zero attached hydrogens (tertiary/aromatic N) is 2. The van der Waals surface area contributed by atoms with E-state index in [9.17, 15) is 0 Å². The van der Waals surface area contributed by atoms with E-state index in [4.69, 9.17) is 12.2 Å². The summed E-state index contributed by atoms with van der Waals surface area (Å²) in [5.74, 6) is 0.568. The summed E-state index contributed by atoms with van der Waals surface area (Å²) in [4.78, 5) is 4.72. The van der Waals surface area contributed by atoms with Crippen LogP contribution in [0.5, 0.6) is 0 Å². The fraction of sp³-hybridized carbons (Fsp3) is 0.562. The van der Waals surface area contributed by atoms with Gasteiger partial charge in [-0.15, -0.1) is 0 Å². The Hall–Kier alpha value is -1.13. The van der Waals surface area contributed by atoms with Gasteiger partial charge >= 0.3 is 0 Å². The first-order valence-electron chi connectivity index (χ1n) is 7.48. The van der Waals surface area contributed by atoms with Crippen molar-refractivity contribution < 1.29 is 0 Å². The maximum atomic E-state index is 5.51. The van der Waals surface area contributed by atoms with Crippen LogP contribution in [0.1, 0.15) is 32.3 Å². The van der Waals surface area contributed by atoms with E-state index in [0.29, 0.717) is 5.92 Å². The second kappa shape index (κ2) is 7.04. The van der Waals surface area contributed by atoms with E-state index in [1.165, 1.54) is 5.56 Å². The van der Waals surface area contributed by atoms with Gasteiger partial charge in [-0.3, -0.25) is 0 Å². The Balaban J connectivity index is 1.88. The Kier molecular flexibility index (Phi) is 5.38. The highest BCUT2D eigenvalue weighted by Gasteiger charge is 2.17. The SMILES string of the molecule is CCN1CCN(C(=S)Nc2ccc(C(C)C)cc2)CC1. The molecule has 1 aromatic carbocycles. The number of piperazine rings is 1. The van der Waals surface area contributed by atoms with Crippen LogP contribution >= 0.6 is 12.2 Å². The van der Waals surface area contributed by atoms with Crippen molar-refractivity contribution in [3.05, 3.63) is 29.8 Å². The molecule has 0 spiro atoms. The fourth-order valence-electron chi connectivity index (χ4n) is 2.42. The molecule has 0 bridgehead atoms. The lowest BCUT2D eigenvalue weighted by Gasteiger charge is -2.35. The van der Waals surface area contributed by atoms with Gasteiger partial charge < -0.3 is 15.1 Å². The largest absolute Gasteiger partial charge is 0.346 e. The molecule has 1 fully saturated rings. The highest BCUT2D eigenvalue weighted by Crippen LogP contribution is 2.17. The van der Waals surface area contributed by atoms with Crippen molar-refractivity contribution in [1.82, 2.24) is 9.80 Å². The predicted molar refractivity (Wildman–Crippen MR) is 90.4 cm³/mol. The van der Waals surface area contributed by atoms with Gasteiger partial charge in [-0.1, -0.05) is 32.9 Å². The molecule has 1 aromatic rings. The molecule has 0 radical (unpaired) electrons. The van der Waals surface area contributed by atoms with Gasteiger partial charge in [0.05, 0.1) is 0 Å². The number of nitrogens with one attached hydrogen (secondary N) is 1. The molecule has 110 valence electrons. The van der Waals surface area contributed by atoms with Crippen molar-refractivity contribution in [2.24, 2.45) is 0 Å². The Morgan fingerprint density at radius 1 is 1.15 bits per heavy atom. The van der Waals surface area contributed by atoms with Crippen molar-refractivity contribution in [3.8, 4) is 0 Å². The number of benzene rings is 1. The lowest BCUT2D eigenvalue weighted by atomic mass is 10.0. The molecule has 0 amide bonds. The lowest BCUT2D eigenvalue weighted by Crippen LogP contribution is -2.49. The van der Waals surface area contributed by atoms with E-state index >= 15 is 0 Å². The summed E-state index contributed by atoms with van der Waals surface area (Å²) in [6.07, 6.45) is 0. The van der Waals surface area contributed by atoms with Crippen LogP contribution in [0.3, 0.4) is 0 Å². The third-order valence-corrected chi connectivity index (χ3v) is 4.30. The zero-order valence-electron chi connectivity index (χ0n) is 12.7. The van der Waals surface area contributed by atoms with E-state index in [2.05, 4.69) is 60.2 Å². The first-order chi connectivity index (χ1) is 9.60. The minimum absolute atomic E-state index is 0.568. The first kappa shape index (κ1) is 15.3. The van der Waals surface area contributed by atoms with Gasteiger partial charge in [-0.05, 0) is 42.4 Å². The number of hydrogen-bond donors (Lipinski definition) is 1. The maximum Gasteiger partial charge on any atom is 0.173 e. The average molecular weight is 291 g/mol. The predicted octanol–water partition coefficient (Wildman–Crippen LogP) is 3.14. The summed E-state index contributed by atoms with van der Waals surface area (Å²) in [5.41, 5.74) is 2.44. The zero-order valence-corrected chi connectivity index (χ0v) is 13.5. The van der Waals surface area contributed by atoms with Gasteiger partial charge in [0.1, 0.15) is 0 Å². The minimum Gasteiger partial charge on any atom is -0.346 e. The van der Waals surface area contributed by atoms with Crippen molar-refractivity contribution in [3.63, 3.8) is 0 Å². The van der Waals surface area contributed by atoms with Crippen LogP contribution in [0, 0.1) is 0 Å². The summed E-state index contributed by atoms with van der Waals surface area (Å²) < 4.78 is 0. The Morgan fingerprint density at radius 2 is 1.75 bits per heavy atom. The number of likely N-dealkylation sites (N-methyl/N-ethyl adjacent to an activating group) is 1. The Bertz CT molecular complexity index is 434. The number of rotatable bonds is 3. The zero-order chi connectivity index (χ0) is 14.5. The van der Waals surface area contributed by atoms with Crippen LogP contribution in [0.25, 0.3) is 0 Å². The van der Waals surface area contributed by atoms with E-state index in [0.717, 1.165) is 43.5 Å². The molecule has 1 N–H and O–H groups in total. The summed E-state index contributed by atoms with van der Waals surface area (Å²) in [7, 11) is 0. The summed E-state index contributed by atoms with van der Waals surface area (Å²) >= 11 is 5.51. The molecular formula is C16H25N3S. The van der Waals surface area contributed by atoms with Crippen molar-refractivity contribution in [2.45, 2.75) is 26.7 Å². The quantitative estimate of drug-likeness (QED) is 0.862. The van der Waals surface area contributed by atoms with Crippen LogP contribution in [0.15, 0.2) is 24.3 Å². The van der Waals surface area contributed by atoms with Gasteiger partial charge in [0.15, 0.2) is 5.11 Å². The average Bonchev–Trinajstić information content (AvgIpc) is 2.48. The molecule has 3 nitrogen and oxygen atoms in total. The van der Waals surface area contributed by atoms with Crippen LogP contribution in [-0.2, 0) is 0 Å². The standard InChI is InChI=1S/C16H25N3S/c1-4-18-9-11-19(12-10-18)16(20)17-15-7-5-14(6-8-15)13(2)3/h5-8,13H,4,9-12H2,1-3H3,(H,17,20). The molecule has 2 rings (SSSR count). The molecule has 0 unspecified atom stereocenters. The summed E-state index contributed by atoms with van der Waals surface area (Å²) in [6, 6.07) is 8.57. The van der Waals surface area contributed by atoms with Gasteiger partial charge in [-0.25, -0.2) is 0 Å². The lowest BCUT2D eigenvalue weighted by molar-refractivity contribution is 0.191. The fourth-order valence-corrected chi connectivity index (χ4v) is 2.72. The Morgan fingerprint density at radius 3 is 2.25 bits per heavy atom. The highest BCUT2D eigenvalue weighted by atomic mass is 32.1. The van der Waals surface area contributed by atoms with E-state index in [-0.39, 0.29) is 0 Å². The second-order valence-corrected chi connectivity index (χ2v) is 6.01. The third-order valence-electron chi connectivity index (χ3n) is 3.94. The molecule has 0 aliphatic carbocycles. The summed E-state index contributed by atoms with van der Waals surface area (Å²) in [5, 5.41) is 4.19. The maximum absolute atomic E-state index is 5.51. The molecule has 0 aromatic heterocycles. The third kappa shape index (κ3) is 3.93. The van der Waals surface area contributed by atoms with Gasteiger partial charge in [0.2, 0.25) is 0 Å². The number of thiocarbonyl (C=S) groups is 1. The second-order valence-electron chi connectivity index (χ2n) is 5.63. The molecule has 4 heteroatoms. The van der Waals surface area contributed by atoms with E-state index in [1.807, 2.05) is 0 Å². The topological polar surface area (TPSA) is 18.5 Å². The van der Waals surface area contributed by atoms with Gasteiger partial charge in [-0.2, -0.15) is 0 Å². The molecular weight excluding hydrogens is 266 g/mol. The van der Waals surface area contributed by atoms with Crippen molar-refractivity contribution in [1.29, 1.82) is 0 Å². The molecule has 1 saturated heterocycles. The number of anilines is 1. The van der Waals surface area contributed by atoms with Gasteiger partial charge in [0.25, 0.3) is 0 Å². The van der Waals surface area contributed by atoms with Crippen LogP contribution in [0.2, 0.25) is 0 Å². The normalized spacial score (nSPS) is 16.5. The number of hydrogen-bond acceptors (Lipinski definition) is 2.